The van der Waals surface area contributed by atoms with Crippen molar-refractivity contribution in [3.8, 4) is 12.3 Å². The SMILES string of the molecule is C#CC(C)c1ccccc1S(C)(=O)=O. The fourth-order valence-corrected chi connectivity index (χ4v) is 2.26. The summed E-state index contributed by atoms with van der Waals surface area (Å²) in [4.78, 5) is 0.324. The van der Waals surface area contributed by atoms with Gasteiger partial charge < -0.3 is 0 Å². The average Bonchev–Trinajstić information content (AvgIpc) is 2.15. The van der Waals surface area contributed by atoms with Gasteiger partial charge in [-0.25, -0.2) is 8.42 Å². The van der Waals surface area contributed by atoms with Crippen molar-refractivity contribution in [1.82, 2.24) is 0 Å². The van der Waals surface area contributed by atoms with Crippen LogP contribution in [0.15, 0.2) is 29.2 Å². The van der Waals surface area contributed by atoms with Crippen LogP contribution in [0.25, 0.3) is 0 Å². The summed E-state index contributed by atoms with van der Waals surface area (Å²) in [5.74, 6) is 2.35. The first kappa shape index (κ1) is 10.8. The van der Waals surface area contributed by atoms with Crippen molar-refractivity contribution in [2.75, 3.05) is 6.26 Å². The van der Waals surface area contributed by atoms with Gasteiger partial charge in [0.05, 0.1) is 4.90 Å². The minimum absolute atomic E-state index is 0.180. The van der Waals surface area contributed by atoms with E-state index in [-0.39, 0.29) is 5.92 Å². The lowest BCUT2D eigenvalue weighted by Crippen LogP contribution is -2.03. The second kappa shape index (κ2) is 3.85. The Labute approximate surface area is 84.9 Å². The summed E-state index contributed by atoms with van der Waals surface area (Å²) in [7, 11) is -3.18. The Balaban J connectivity index is 3.40. The Morgan fingerprint density at radius 1 is 1.36 bits per heavy atom. The van der Waals surface area contributed by atoms with E-state index >= 15 is 0 Å². The Hall–Kier alpha value is -1.27. The van der Waals surface area contributed by atoms with E-state index in [1.165, 1.54) is 6.26 Å². The third-order valence-electron chi connectivity index (χ3n) is 2.03. The second-order valence-electron chi connectivity index (χ2n) is 3.20. The van der Waals surface area contributed by atoms with E-state index in [2.05, 4.69) is 5.92 Å². The highest BCUT2D eigenvalue weighted by molar-refractivity contribution is 7.90. The third kappa shape index (κ3) is 2.15. The minimum Gasteiger partial charge on any atom is -0.224 e. The monoisotopic (exact) mass is 208 g/mol. The highest BCUT2D eigenvalue weighted by Gasteiger charge is 2.15. The highest BCUT2D eigenvalue weighted by Crippen LogP contribution is 2.22. The number of hydrogen-bond acceptors (Lipinski definition) is 2. The quantitative estimate of drug-likeness (QED) is 0.695. The van der Waals surface area contributed by atoms with Gasteiger partial charge in [-0.05, 0) is 18.6 Å². The Morgan fingerprint density at radius 3 is 2.43 bits per heavy atom. The molecule has 0 saturated carbocycles. The van der Waals surface area contributed by atoms with Crippen molar-refractivity contribution in [1.29, 1.82) is 0 Å². The maximum Gasteiger partial charge on any atom is 0.175 e. The van der Waals surface area contributed by atoms with Crippen molar-refractivity contribution in [2.24, 2.45) is 0 Å². The van der Waals surface area contributed by atoms with Gasteiger partial charge in [-0.15, -0.1) is 6.42 Å². The fraction of sp³-hybridized carbons (Fsp3) is 0.273. The Kier molecular flexibility index (Phi) is 2.97. The predicted octanol–water partition coefficient (Wildman–Crippen LogP) is 1.83. The molecule has 0 bridgehead atoms. The normalized spacial score (nSPS) is 13.2. The summed E-state index contributed by atoms with van der Waals surface area (Å²) in [5, 5.41) is 0. The number of hydrogen-bond donors (Lipinski definition) is 0. The van der Waals surface area contributed by atoms with Crippen LogP contribution in [0, 0.1) is 12.3 Å². The van der Waals surface area contributed by atoms with Crippen LogP contribution < -0.4 is 0 Å². The van der Waals surface area contributed by atoms with Crippen LogP contribution in [0.4, 0.5) is 0 Å². The largest absolute Gasteiger partial charge is 0.224 e. The molecule has 0 spiro atoms. The van der Waals surface area contributed by atoms with E-state index in [0.717, 1.165) is 0 Å². The van der Waals surface area contributed by atoms with Gasteiger partial charge in [-0.3, -0.25) is 0 Å². The van der Waals surface area contributed by atoms with E-state index in [1.54, 1.807) is 24.3 Å². The lowest BCUT2D eigenvalue weighted by Gasteiger charge is -2.09. The van der Waals surface area contributed by atoms with E-state index < -0.39 is 9.84 Å². The second-order valence-corrected chi connectivity index (χ2v) is 5.18. The number of terminal acetylenes is 1. The third-order valence-corrected chi connectivity index (χ3v) is 3.21. The standard InChI is InChI=1S/C11H12O2S/c1-4-9(2)10-7-5-6-8-11(10)14(3,12)13/h1,5-9H,2-3H3. The van der Waals surface area contributed by atoms with Gasteiger partial charge in [0.25, 0.3) is 0 Å². The molecule has 1 aromatic rings. The number of sulfone groups is 1. The predicted molar refractivity (Wildman–Crippen MR) is 56.8 cm³/mol. The molecule has 0 heterocycles. The molecular formula is C11H12O2S. The molecule has 0 amide bonds. The van der Waals surface area contributed by atoms with Gasteiger partial charge in [0.15, 0.2) is 9.84 Å². The zero-order chi connectivity index (χ0) is 10.8. The van der Waals surface area contributed by atoms with Crippen LogP contribution in [0.5, 0.6) is 0 Å². The van der Waals surface area contributed by atoms with Crippen LogP contribution in [0.3, 0.4) is 0 Å². The maximum atomic E-state index is 11.4. The molecule has 1 unspecified atom stereocenters. The average molecular weight is 208 g/mol. The summed E-state index contributed by atoms with van der Waals surface area (Å²) >= 11 is 0. The lowest BCUT2D eigenvalue weighted by molar-refractivity contribution is 0.600. The summed E-state index contributed by atoms with van der Waals surface area (Å²) < 4.78 is 22.8. The summed E-state index contributed by atoms with van der Waals surface area (Å²) in [6.45, 7) is 1.81. The fourth-order valence-electron chi connectivity index (χ4n) is 1.27. The molecule has 0 aromatic heterocycles. The zero-order valence-corrected chi connectivity index (χ0v) is 9.01. The molecule has 0 aliphatic carbocycles. The van der Waals surface area contributed by atoms with Crippen molar-refractivity contribution in [2.45, 2.75) is 17.7 Å². The Bertz CT molecular complexity index is 466. The van der Waals surface area contributed by atoms with E-state index in [1.807, 2.05) is 6.92 Å². The molecule has 0 fully saturated rings. The smallest absolute Gasteiger partial charge is 0.175 e. The summed E-state index contributed by atoms with van der Waals surface area (Å²) in [6.07, 6.45) is 6.46. The van der Waals surface area contributed by atoms with Gasteiger partial charge in [0, 0.05) is 12.2 Å². The van der Waals surface area contributed by atoms with Crippen LogP contribution in [0.1, 0.15) is 18.4 Å². The maximum absolute atomic E-state index is 11.4. The molecule has 3 heteroatoms. The first-order valence-electron chi connectivity index (χ1n) is 4.22. The molecule has 0 aliphatic rings. The van der Waals surface area contributed by atoms with Crippen molar-refractivity contribution in [3.63, 3.8) is 0 Å². The molecular weight excluding hydrogens is 196 g/mol. The van der Waals surface area contributed by atoms with Crippen molar-refractivity contribution < 1.29 is 8.42 Å². The zero-order valence-electron chi connectivity index (χ0n) is 8.19. The van der Waals surface area contributed by atoms with E-state index in [4.69, 9.17) is 6.42 Å². The molecule has 1 aromatic carbocycles. The van der Waals surface area contributed by atoms with Crippen LogP contribution in [0.2, 0.25) is 0 Å². The van der Waals surface area contributed by atoms with Gasteiger partial charge in [0.2, 0.25) is 0 Å². The Morgan fingerprint density at radius 2 is 1.93 bits per heavy atom. The van der Waals surface area contributed by atoms with E-state index in [0.29, 0.717) is 10.5 Å². The van der Waals surface area contributed by atoms with E-state index in [9.17, 15) is 8.42 Å². The van der Waals surface area contributed by atoms with Gasteiger partial charge in [-0.1, -0.05) is 24.1 Å². The molecule has 0 radical (unpaired) electrons. The van der Waals surface area contributed by atoms with Crippen LogP contribution in [-0.2, 0) is 9.84 Å². The van der Waals surface area contributed by atoms with Gasteiger partial charge >= 0.3 is 0 Å². The molecule has 2 nitrogen and oxygen atoms in total. The first-order chi connectivity index (χ1) is 6.46. The first-order valence-corrected chi connectivity index (χ1v) is 6.11. The topological polar surface area (TPSA) is 34.1 Å². The number of benzene rings is 1. The van der Waals surface area contributed by atoms with Crippen LogP contribution in [-0.4, -0.2) is 14.7 Å². The molecule has 14 heavy (non-hydrogen) atoms. The molecule has 0 aliphatic heterocycles. The molecule has 0 N–H and O–H groups in total. The van der Waals surface area contributed by atoms with Crippen LogP contribution >= 0.6 is 0 Å². The van der Waals surface area contributed by atoms with Crippen molar-refractivity contribution in [3.05, 3.63) is 29.8 Å². The van der Waals surface area contributed by atoms with Crippen molar-refractivity contribution >= 4 is 9.84 Å². The summed E-state index contributed by atoms with van der Waals surface area (Å²) in [6, 6.07) is 6.82. The molecule has 74 valence electrons. The molecule has 1 rings (SSSR count). The van der Waals surface area contributed by atoms with Gasteiger partial charge in [0.1, 0.15) is 0 Å². The lowest BCUT2D eigenvalue weighted by atomic mass is 10.0. The highest BCUT2D eigenvalue weighted by atomic mass is 32.2. The summed E-state index contributed by atoms with van der Waals surface area (Å²) in [5.41, 5.74) is 0.692. The molecule has 0 saturated heterocycles. The minimum atomic E-state index is -3.18. The van der Waals surface area contributed by atoms with Gasteiger partial charge in [-0.2, -0.15) is 0 Å². The number of rotatable bonds is 2. The molecule has 1 atom stereocenters.